The SMILES string of the molecule is Cc1cc2[nH]c(=O)oc2cc1S(=O)(=O)N1C[C@H](C)O[C@@H](C)C1. The Morgan fingerprint density at radius 3 is 2.50 bits per heavy atom. The summed E-state index contributed by atoms with van der Waals surface area (Å²) in [4.78, 5) is 13.9. The van der Waals surface area contributed by atoms with Gasteiger partial charge in [0.05, 0.1) is 22.6 Å². The Balaban J connectivity index is 2.08. The van der Waals surface area contributed by atoms with Crippen LogP contribution in [0.2, 0.25) is 0 Å². The highest BCUT2D eigenvalue weighted by Gasteiger charge is 2.33. The Hall–Kier alpha value is -1.64. The summed E-state index contributed by atoms with van der Waals surface area (Å²) in [6.45, 7) is 6.01. The van der Waals surface area contributed by atoms with Gasteiger partial charge in [-0.25, -0.2) is 13.2 Å². The molecule has 0 bridgehead atoms. The third-order valence-electron chi connectivity index (χ3n) is 3.72. The summed E-state index contributed by atoms with van der Waals surface area (Å²) in [5.41, 5.74) is 1.30. The number of hydrogen-bond donors (Lipinski definition) is 1. The van der Waals surface area contributed by atoms with Gasteiger partial charge in [0.25, 0.3) is 0 Å². The van der Waals surface area contributed by atoms with E-state index in [0.29, 0.717) is 24.2 Å². The maximum atomic E-state index is 12.9. The third-order valence-corrected chi connectivity index (χ3v) is 5.69. The molecule has 2 atom stereocenters. The van der Waals surface area contributed by atoms with Crippen molar-refractivity contribution in [3.63, 3.8) is 0 Å². The first-order valence-corrected chi connectivity index (χ1v) is 8.50. The highest BCUT2D eigenvalue weighted by atomic mass is 32.2. The molecule has 1 aromatic carbocycles. The number of aromatic nitrogens is 1. The van der Waals surface area contributed by atoms with E-state index < -0.39 is 15.8 Å². The summed E-state index contributed by atoms with van der Waals surface area (Å²) < 4.78 is 37.8. The Kier molecular flexibility index (Phi) is 3.62. The van der Waals surface area contributed by atoms with E-state index in [1.54, 1.807) is 13.0 Å². The highest BCUT2D eigenvalue weighted by molar-refractivity contribution is 7.89. The Bertz CT molecular complexity index is 857. The fraction of sp³-hybridized carbons (Fsp3) is 0.500. The number of oxazole rings is 1. The highest BCUT2D eigenvalue weighted by Crippen LogP contribution is 2.26. The topological polar surface area (TPSA) is 92.6 Å². The zero-order chi connectivity index (χ0) is 16.1. The van der Waals surface area contributed by atoms with Gasteiger partial charge in [0.1, 0.15) is 0 Å². The van der Waals surface area contributed by atoms with Crippen molar-refractivity contribution in [3.05, 3.63) is 28.2 Å². The molecular formula is C14H18N2O5S. The minimum Gasteiger partial charge on any atom is -0.408 e. The molecule has 1 saturated heterocycles. The lowest BCUT2D eigenvalue weighted by Gasteiger charge is -2.34. The molecule has 1 aliphatic rings. The van der Waals surface area contributed by atoms with Crippen LogP contribution in [0, 0.1) is 6.92 Å². The van der Waals surface area contributed by atoms with Crippen LogP contribution in [-0.4, -0.2) is 43.0 Å². The summed E-state index contributed by atoms with van der Waals surface area (Å²) in [5.74, 6) is -0.599. The maximum absolute atomic E-state index is 12.9. The molecule has 3 rings (SSSR count). The Morgan fingerprint density at radius 2 is 1.86 bits per heavy atom. The standard InChI is InChI=1S/C14H18N2O5S/c1-8-4-11-12(21-14(17)15-11)5-13(8)22(18,19)16-6-9(2)20-10(3)7-16/h4-5,9-10H,6-7H2,1-3H3,(H,15,17)/t9-,10-/m0/s1. The number of H-pyrrole nitrogens is 1. The van der Waals surface area contributed by atoms with Crippen molar-refractivity contribution < 1.29 is 17.6 Å². The molecule has 0 aliphatic carbocycles. The van der Waals surface area contributed by atoms with Crippen LogP contribution in [0.25, 0.3) is 11.1 Å². The maximum Gasteiger partial charge on any atom is 0.417 e. The first-order chi connectivity index (χ1) is 10.3. The molecule has 2 heterocycles. The van der Waals surface area contributed by atoms with Crippen molar-refractivity contribution in [1.82, 2.24) is 9.29 Å². The first-order valence-electron chi connectivity index (χ1n) is 7.06. The van der Waals surface area contributed by atoms with Crippen LogP contribution in [0.4, 0.5) is 0 Å². The molecule has 1 fully saturated rings. The molecule has 0 saturated carbocycles. The number of hydrogen-bond acceptors (Lipinski definition) is 5. The van der Waals surface area contributed by atoms with E-state index in [1.807, 2.05) is 13.8 Å². The summed E-state index contributed by atoms with van der Waals surface area (Å²) in [5, 5.41) is 0. The predicted molar refractivity (Wildman–Crippen MR) is 80.3 cm³/mol. The first kappa shape index (κ1) is 15.3. The zero-order valence-electron chi connectivity index (χ0n) is 12.6. The van der Waals surface area contributed by atoms with Gasteiger partial charge in [-0.2, -0.15) is 4.31 Å². The van der Waals surface area contributed by atoms with E-state index >= 15 is 0 Å². The number of aryl methyl sites for hydroxylation is 1. The normalized spacial score (nSPS) is 24.0. The second kappa shape index (κ2) is 5.22. The molecule has 1 N–H and O–H groups in total. The van der Waals surface area contributed by atoms with Crippen molar-refractivity contribution in [3.8, 4) is 0 Å². The average molecular weight is 326 g/mol. The van der Waals surface area contributed by atoms with Crippen LogP contribution in [0.1, 0.15) is 19.4 Å². The molecule has 22 heavy (non-hydrogen) atoms. The van der Waals surface area contributed by atoms with Crippen LogP contribution in [0.5, 0.6) is 0 Å². The minimum atomic E-state index is -3.66. The number of rotatable bonds is 2. The van der Waals surface area contributed by atoms with Crippen LogP contribution in [0.15, 0.2) is 26.2 Å². The van der Waals surface area contributed by atoms with Crippen molar-refractivity contribution in [2.24, 2.45) is 0 Å². The summed E-state index contributed by atoms with van der Waals surface area (Å²) in [6, 6.07) is 3.02. The predicted octanol–water partition coefficient (Wildman–Crippen LogP) is 1.23. The smallest absolute Gasteiger partial charge is 0.408 e. The summed E-state index contributed by atoms with van der Waals surface area (Å²) in [6.07, 6.45) is -0.319. The number of aromatic amines is 1. The van der Waals surface area contributed by atoms with E-state index in [0.717, 1.165) is 0 Å². The second-order valence-electron chi connectivity index (χ2n) is 5.71. The van der Waals surface area contributed by atoms with Gasteiger partial charge in [0, 0.05) is 19.2 Å². The van der Waals surface area contributed by atoms with Gasteiger partial charge in [-0.3, -0.25) is 4.98 Å². The lowest BCUT2D eigenvalue weighted by Crippen LogP contribution is -2.48. The zero-order valence-corrected chi connectivity index (χ0v) is 13.4. The van der Waals surface area contributed by atoms with Crippen molar-refractivity contribution >= 4 is 21.1 Å². The lowest BCUT2D eigenvalue weighted by molar-refractivity contribution is -0.0440. The molecule has 7 nitrogen and oxygen atoms in total. The van der Waals surface area contributed by atoms with E-state index in [9.17, 15) is 13.2 Å². The number of benzene rings is 1. The minimum absolute atomic E-state index is 0.157. The Morgan fingerprint density at radius 1 is 1.23 bits per heavy atom. The molecule has 0 radical (unpaired) electrons. The van der Waals surface area contributed by atoms with Crippen LogP contribution < -0.4 is 5.76 Å². The van der Waals surface area contributed by atoms with Gasteiger partial charge >= 0.3 is 5.76 Å². The average Bonchev–Trinajstić information content (AvgIpc) is 2.75. The molecule has 0 spiro atoms. The van der Waals surface area contributed by atoms with Gasteiger partial charge in [0.15, 0.2) is 5.58 Å². The number of ether oxygens (including phenoxy) is 1. The summed E-state index contributed by atoms with van der Waals surface area (Å²) in [7, 11) is -3.66. The van der Waals surface area contributed by atoms with Gasteiger partial charge in [-0.15, -0.1) is 0 Å². The van der Waals surface area contributed by atoms with Crippen molar-refractivity contribution in [1.29, 1.82) is 0 Å². The molecule has 0 amide bonds. The van der Waals surface area contributed by atoms with Crippen LogP contribution in [0.3, 0.4) is 0 Å². The van der Waals surface area contributed by atoms with Crippen LogP contribution in [-0.2, 0) is 14.8 Å². The molecule has 0 unspecified atom stereocenters. The number of fused-ring (bicyclic) bond motifs is 1. The quantitative estimate of drug-likeness (QED) is 0.896. The van der Waals surface area contributed by atoms with E-state index in [1.165, 1.54) is 10.4 Å². The van der Waals surface area contributed by atoms with Gasteiger partial charge in [-0.05, 0) is 32.4 Å². The van der Waals surface area contributed by atoms with Gasteiger partial charge < -0.3 is 9.15 Å². The molecule has 8 heteroatoms. The summed E-state index contributed by atoms with van der Waals surface area (Å²) >= 11 is 0. The second-order valence-corrected chi connectivity index (χ2v) is 7.61. The fourth-order valence-electron chi connectivity index (χ4n) is 2.83. The molecule has 2 aromatic rings. The molecule has 120 valence electrons. The van der Waals surface area contributed by atoms with E-state index in [-0.39, 0.29) is 22.7 Å². The fourth-order valence-corrected chi connectivity index (χ4v) is 4.64. The third kappa shape index (κ3) is 2.57. The molecular weight excluding hydrogens is 308 g/mol. The number of nitrogens with one attached hydrogen (secondary N) is 1. The van der Waals surface area contributed by atoms with E-state index in [2.05, 4.69) is 4.98 Å². The van der Waals surface area contributed by atoms with E-state index in [4.69, 9.17) is 9.15 Å². The molecule has 1 aromatic heterocycles. The van der Waals surface area contributed by atoms with Crippen LogP contribution >= 0.6 is 0 Å². The van der Waals surface area contributed by atoms with Gasteiger partial charge in [-0.1, -0.05) is 0 Å². The largest absolute Gasteiger partial charge is 0.417 e. The lowest BCUT2D eigenvalue weighted by atomic mass is 10.2. The van der Waals surface area contributed by atoms with Crippen molar-refractivity contribution in [2.75, 3.05) is 13.1 Å². The number of nitrogens with zero attached hydrogens (tertiary/aromatic N) is 1. The monoisotopic (exact) mass is 326 g/mol. The van der Waals surface area contributed by atoms with Crippen molar-refractivity contribution in [2.45, 2.75) is 37.9 Å². The number of morpholine rings is 1. The number of sulfonamides is 1. The van der Waals surface area contributed by atoms with Gasteiger partial charge in [0.2, 0.25) is 10.0 Å². The Labute approximate surface area is 127 Å². The molecule has 1 aliphatic heterocycles.